The van der Waals surface area contributed by atoms with Gasteiger partial charge in [0.2, 0.25) is 0 Å². The van der Waals surface area contributed by atoms with Crippen LogP contribution in [-0.2, 0) is 5.41 Å². The largest absolute Gasteiger partial charge is 0.0732 e. The van der Waals surface area contributed by atoms with Crippen LogP contribution in [0.25, 0.3) is 98.4 Å². The Hall–Kier alpha value is -7.28. The molecular formula is C57H34. The first-order chi connectivity index (χ1) is 28.3. The maximum absolute atomic E-state index is 2.54. The van der Waals surface area contributed by atoms with Gasteiger partial charge in [-0.3, -0.25) is 0 Å². The Kier molecular flexibility index (Phi) is 6.19. The van der Waals surface area contributed by atoms with E-state index in [2.05, 4.69) is 206 Å². The van der Waals surface area contributed by atoms with Crippen molar-refractivity contribution in [3.63, 3.8) is 0 Å². The summed E-state index contributed by atoms with van der Waals surface area (Å²) < 4.78 is 0. The average molecular weight is 719 g/mol. The topological polar surface area (TPSA) is 0 Å². The Morgan fingerprint density at radius 3 is 1.53 bits per heavy atom. The highest BCUT2D eigenvalue weighted by Crippen LogP contribution is 2.66. The van der Waals surface area contributed by atoms with E-state index in [0.717, 1.165) is 0 Å². The average Bonchev–Trinajstić information content (AvgIpc) is 3.76. The number of fused-ring (bicyclic) bond motifs is 19. The third-order valence-corrected chi connectivity index (χ3v) is 13.2. The van der Waals surface area contributed by atoms with Crippen molar-refractivity contribution in [3.05, 3.63) is 229 Å². The van der Waals surface area contributed by atoms with Gasteiger partial charge in [0.1, 0.15) is 0 Å². The highest BCUT2D eigenvalue weighted by Gasteiger charge is 2.53. The van der Waals surface area contributed by atoms with Gasteiger partial charge in [0.05, 0.1) is 5.41 Å². The molecule has 1 spiro atoms. The highest BCUT2D eigenvalue weighted by molar-refractivity contribution is 6.28. The summed E-state index contributed by atoms with van der Waals surface area (Å²) in [6, 6.07) is 77.7. The molecule has 0 N–H and O–H groups in total. The normalized spacial score (nSPS) is 15.1. The molecule has 0 fully saturated rings. The first kappa shape index (κ1) is 31.0. The van der Waals surface area contributed by atoms with Crippen molar-refractivity contribution in [2.24, 2.45) is 0 Å². The second-order valence-corrected chi connectivity index (χ2v) is 15.8. The molecule has 57 heavy (non-hydrogen) atoms. The third kappa shape index (κ3) is 3.97. The number of hydrogen-bond donors (Lipinski definition) is 0. The van der Waals surface area contributed by atoms with E-state index in [-0.39, 0.29) is 0 Å². The first-order valence-corrected chi connectivity index (χ1v) is 20.0. The lowest BCUT2D eigenvalue weighted by Gasteiger charge is -2.32. The summed E-state index contributed by atoms with van der Waals surface area (Å²) in [5.41, 5.74) is 15.3. The summed E-state index contributed by atoms with van der Waals surface area (Å²) in [7, 11) is 0. The minimum Gasteiger partial charge on any atom is -0.0619 e. The quantitative estimate of drug-likeness (QED) is 0.156. The van der Waals surface area contributed by atoms with Gasteiger partial charge in [-0.2, -0.15) is 0 Å². The summed E-state index contributed by atoms with van der Waals surface area (Å²) in [5.74, 6) is 0. The van der Waals surface area contributed by atoms with Gasteiger partial charge in [-0.25, -0.2) is 0 Å². The van der Waals surface area contributed by atoms with Crippen LogP contribution in [0.4, 0.5) is 0 Å². The van der Waals surface area contributed by atoms with E-state index in [4.69, 9.17) is 0 Å². The van der Waals surface area contributed by atoms with Crippen LogP contribution in [0.15, 0.2) is 206 Å². The van der Waals surface area contributed by atoms with Gasteiger partial charge >= 0.3 is 0 Å². The van der Waals surface area contributed by atoms with Crippen molar-refractivity contribution in [1.29, 1.82) is 0 Å². The van der Waals surface area contributed by atoms with Gasteiger partial charge in [-0.15, -0.1) is 0 Å². The maximum atomic E-state index is 2.54. The van der Waals surface area contributed by atoms with E-state index < -0.39 is 5.41 Å². The fourth-order valence-corrected chi connectivity index (χ4v) is 11.0. The van der Waals surface area contributed by atoms with Gasteiger partial charge < -0.3 is 0 Å². The molecule has 0 nitrogen and oxygen atoms in total. The molecule has 2 aliphatic carbocycles. The van der Waals surface area contributed by atoms with E-state index >= 15 is 0 Å². The standard InChI is InChI=1S/C57H34/c1-3-19-38-35(15-1)17-13-27-40(38)37-31-32-45-44-23-9-11-29-51(44)57(53(45)33-37)52-30-12-10-26-48(52)54-47-25-8-6-22-43(47)50-34-49(41-28-14-18-36-16-2-4-20-39(36)41)42-21-5-7-24-46(42)55(50)56(54)57/h1-34H. The van der Waals surface area contributed by atoms with Crippen LogP contribution < -0.4 is 0 Å². The van der Waals surface area contributed by atoms with Gasteiger partial charge in [0.15, 0.2) is 0 Å². The Labute approximate surface area is 330 Å². The zero-order valence-electron chi connectivity index (χ0n) is 31.1. The second-order valence-electron chi connectivity index (χ2n) is 15.8. The molecular weight excluding hydrogens is 685 g/mol. The van der Waals surface area contributed by atoms with Crippen molar-refractivity contribution < 1.29 is 0 Å². The van der Waals surface area contributed by atoms with Crippen LogP contribution in [0, 0.1) is 0 Å². The summed E-state index contributed by atoms with van der Waals surface area (Å²) in [4.78, 5) is 0. The molecule has 0 saturated heterocycles. The van der Waals surface area contributed by atoms with E-state index in [1.165, 1.54) is 121 Å². The van der Waals surface area contributed by atoms with Crippen molar-refractivity contribution in [2.75, 3.05) is 0 Å². The van der Waals surface area contributed by atoms with Crippen LogP contribution in [0.2, 0.25) is 0 Å². The molecule has 11 aromatic carbocycles. The number of benzene rings is 11. The van der Waals surface area contributed by atoms with Crippen LogP contribution in [0.5, 0.6) is 0 Å². The molecule has 1 atom stereocenters. The van der Waals surface area contributed by atoms with Crippen molar-refractivity contribution >= 4 is 53.9 Å². The fourth-order valence-electron chi connectivity index (χ4n) is 11.0. The Morgan fingerprint density at radius 2 is 0.772 bits per heavy atom. The van der Waals surface area contributed by atoms with Crippen LogP contribution >= 0.6 is 0 Å². The predicted octanol–water partition coefficient (Wildman–Crippen LogP) is 15.1. The summed E-state index contributed by atoms with van der Waals surface area (Å²) in [6.07, 6.45) is 0. The molecule has 0 aromatic heterocycles. The SMILES string of the molecule is c1ccc2c(c1)-c1ccc(-c3cccc4ccccc34)cc1C21c2ccccc2-c2c1c1c3ccccc3c(-c3cccc4ccccc34)cc1c1ccccc21. The molecule has 1 unspecified atom stereocenters. The Balaban J connectivity index is 1.24. The summed E-state index contributed by atoms with van der Waals surface area (Å²) in [5, 5.41) is 12.9. The lowest BCUT2D eigenvalue weighted by molar-refractivity contribution is 0.802. The minimum absolute atomic E-state index is 0.537. The van der Waals surface area contributed by atoms with Crippen molar-refractivity contribution in [1.82, 2.24) is 0 Å². The van der Waals surface area contributed by atoms with Crippen molar-refractivity contribution in [2.45, 2.75) is 5.41 Å². The molecule has 0 bridgehead atoms. The monoisotopic (exact) mass is 718 g/mol. The minimum atomic E-state index is -0.537. The van der Waals surface area contributed by atoms with E-state index in [0.29, 0.717) is 0 Å². The maximum Gasteiger partial charge on any atom is 0.0732 e. The van der Waals surface area contributed by atoms with Gasteiger partial charge in [-0.1, -0.05) is 194 Å². The zero-order chi connectivity index (χ0) is 37.2. The molecule has 0 aliphatic heterocycles. The molecule has 0 amide bonds. The van der Waals surface area contributed by atoms with E-state index in [9.17, 15) is 0 Å². The smallest absolute Gasteiger partial charge is 0.0619 e. The number of rotatable bonds is 2. The van der Waals surface area contributed by atoms with Gasteiger partial charge in [0.25, 0.3) is 0 Å². The molecule has 0 radical (unpaired) electrons. The molecule has 11 aromatic rings. The first-order valence-electron chi connectivity index (χ1n) is 20.0. The zero-order valence-corrected chi connectivity index (χ0v) is 31.1. The molecule has 0 heterocycles. The third-order valence-electron chi connectivity index (χ3n) is 13.2. The fraction of sp³-hybridized carbons (Fsp3) is 0.0175. The molecule has 262 valence electrons. The van der Waals surface area contributed by atoms with E-state index in [1.54, 1.807) is 0 Å². The van der Waals surface area contributed by atoms with Crippen molar-refractivity contribution in [3.8, 4) is 44.5 Å². The molecule has 0 heteroatoms. The van der Waals surface area contributed by atoms with Crippen LogP contribution in [0.3, 0.4) is 0 Å². The van der Waals surface area contributed by atoms with Gasteiger partial charge in [-0.05, 0) is 133 Å². The van der Waals surface area contributed by atoms with E-state index in [1.807, 2.05) is 0 Å². The summed E-state index contributed by atoms with van der Waals surface area (Å²) >= 11 is 0. The summed E-state index contributed by atoms with van der Waals surface area (Å²) in [6.45, 7) is 0. The molecule has 13 rings (SSSR count). The van der Waals surface area contributed by atoms with Crippen LogP contribution in [0.1, 0.15) is 22.3 Å². The lowest BCUT2D eigenvalue weighted by atomic mass is 9.68. The Morgan fingerprint density at radius 1 is 0.263 bits per heavy atom. The molecule has 2 aliphatic rings. The van der Waals surface area contributed by atoms with Crippen LogP contribution in [-0.4, -0.2) is 0 Å². The number of hydrogen-bond acceptors (Lipinski definition) is 0. The molecule has 0 saturated carbocycles. The van der Waals surface area contributed by atoms with Gasteiger partial charge in [0, 0.05) is 0 Å². The lowest BCUT2D eigenvalue weighted by Crippen LogP contribution is -2.26. The highest BCUT2D eigenvalue weighted by atomic mass is 14.5. The Bertz CT molecular complexity index is 3520. The second kappa shape index (κ2) is 11.4. The predicted molar refractivity (Wildman–Crippen MR) is 241 cm³/mol.